The van der Waals surface area contributed by atoms with Crippen LogP contribution in [0.4, 0.5) is 5.13 Å². The Bertz CT molecular complexity index is 462. The molecule has 0 atom stereocenters. The number of ether oxygens (including phenoxy) is 2. The van der Waals surface area contributed by atoms with Gasteiger partial charge in [-0.25, -0.2) is 14.6 Å². The van der Waals surface area contributed by atoms with Gasteiger partial charge < -0.3 is 14.8 Å². The minimum atomic E-state index is -0.721. The molecule has 19 heavy (non-hydrogen) atoms. The Balaban J connectivity index is 2.82. The van der Waals surface area contributed by atoms with Crippen molar-refractivity contribution in [1.29, 1.82) is 0 Å². The van der Waals surface area contributed by atoms with Crippen molar-refractivity contribution in [1.82, 2.24) is 4.98 Å². The van der Waals surface area contributed by atoms with Crippen molar-refractivity contribution in [3.8, 4) is 0 Å². The second-order valence-corrected chi connectivity index (χ2v) is 4.65. The van der Waals surface area contributed by atoms with Gasteiger partial charge in [0.1, 0.15) is 0 Å². The Morgan fingerprint density at radius 2 is 1.89 bits per heavy atom. The Hall–Kier alpha value is -1.89. The zero-order chi connectivity index (χ0) is 14.3. The summed E-state index contributed by atoms with van der Waals surface area (Å²) in [6, 6.07) is 0. The molecule has 7 heteroatoms. The summed E-state index contributed by atoms with van der Waals surface area (Å²) >= 11 is 1.41. The summed E-state index contributed by atoms with van der Waals surface area (Å²) in [5, 5.41) is 3.37. The smallest absolute Gasteiger partial charge is 0.347 e. The molecule has 0 bridgehead atoms. The van der Waals surface area contributed by atoms with Gasteiger partial charge in [-0.1, -0.05) is 0 Å². The highest BCUT2D eigenvalue weighted by Gasteiger charge is 2.21. The highest BCUT2D eigenvalue weighted by atomic mass is 32.1. The van der Waals surface area contributed by atoms with Crippen molar-refractivity contribution in [2.45, 2.75) is 20.8 Å². The van der Waals surface area contributed by atoms with E-state index in [0.29, 0.717) is 5.13 Å². The largest absolute Gasteiger partial charge is 0.462 e. The third kappa shape index (κ3) is 4.70. The number of nitrogens with one attached hydrogen (secondary N) is 1. The van der Waals surface area contributed by atoms with Crippen molar-refractivity contribution < 1.29 is 19.1 Å². The third-order valence-electron chi connectivity index (χ3n) is 1.95. The highest BCUT2D eigenvalue weighted by Crippen LogP contribution is 2.17. The average molecular weight is 284 g/mol. The summed E-state index contributed by atoms with van der Waals surface area (Å²) in [5.74, 6) is -1.44. The maximum atomic E-state index is 11.6. The molecular formula is C12H16N2O4S. The molecule has 0 fully saturated rings. The molecule has 0 radical (unpaired) electrons. The van der Waals surface area contributed by atoms with Crippen molar-refractivity contribution >= 4 is 28.4 Å². The number of hydrogen-bond donors (Lipinski definition) is 1. The van der Waals surface area contributed by atoms with E-state index in [2.05, 4.69) is 10.3 Å². The topological polar surface area (TPSA) is 77.5 Å². The van der Waals surface area contributed by atoms with E-state index in [1.54, 1.807) is 20.0 Å². The summed E-state index contributed by atoms with van der Waals surface area (Å²) in [4.78, 5) is 28.4. The van der Waals surface area contributed by atoms with Crippen LogP contribution in [0.3, 0.4) is 0 Å². The van der Waals surface area contributed by atoms with Gasteiger partial charge in [-0.15, -0.1) is 11.3 Å². The second kappa shape index (κ2) is 7.52. The fourth-order valence-electron chi connectivity index (χ4n) is 1.17. The quantitative estimate of drug-likeness (QED) is 0.372. The molecule has 1 N–H and O–H groups in total. The number of carbonyl (C=O) groups is 2. The van der Waals surface area contributed by atoms with Crippen LogP contribution in [0.5, 0.6) is 0 Å². The monoisotopic (exact) mass is 284 g/mol. The van der Waals surface area contributed by atoms with Crippen LogP contribution >= 0.6 is 11.3 Å². The maximum Gasteiger partial charge on any atom is 0.347 e. The molecule has 1 aromatic heterocycles. The normalized spacial score (nSPS) is 9.63. The van der Waals surface area contributed by atoms with E-state index >= 15 is 0 Å². The Labute approximate surface area is 115 Å². The fourth-order valence-corrected chi connectivity index (χ4v) is 1.81. The van der Waals surface area contributed by atoms with Crippen LogP contribution in [0.2, 0.25) is 0 Å². The van der Waals surface area contributed by atoms with Crippen molar-refractivity contribution in [3.05, 3.63) is 22.8 Å². The Kier molecular flexibility index (Phi) is 6.01. The molecular weight excluding hydrogens is 268 g/mol. The predicted octanol–water partition coefficient (Wildman–Crippen LogP) is 1.87. The van der Waals surface area contributed by atoms with E-state index in [1.807, 2.05) is 6.92 Å². The molecule has 104 valence electrons. The number of anilines is 1. The van der Waals surface area contributed by atoms with E-state index < -0.39 is 11.9 Å². The summed E-state index contributed by atoms with van der Waals surface area (Å²) in [6.07, 6.45) is 2.95. The van der Waals surface area contributed by atoms with Gasteiger partial charge in [0.2, 0.25) is 0 Å². The summed E-state index contributed by atoms with van der Waals surface area (Å²) in [6.45, 7) is 5.61. The maximum absolute atomic E-state index is 11.6. The molecule has 0 unspecified atom stereocenters. The number of aromatic nitrogens is 1. The molecule has 0 aliphatic rings. The van der Waals surface area contributed by atoms with E-state index in [1.165, 1.54) is 17.5 Å². The first-order valence-electron chi connectivity index (χ1n) is 5.81. The minimum Gasteiger partial charge on any atom is -0.462 e. The van der Waals surface area contributed by atoms with Gasteiger partial charge in [0.15, 0.2) is 10.7 Å². The van der Waals surface area contributed by atoms with Crippen LogP contribution in [-0.2, 0) is 19.1 Å². The fraction of sp³-hybridized carbons (Fsp3) is 0.417. The van der Waals surface area contributed by atoms with Gasteiger partial charge >= 0.3 is 11.9 Å². The average Bonchev–Trinajstić information content (AvgIpc) is 2.76. The molecule has 6 nitrogen and oxygen atoms in total. The zero-order valence-corrected chi connectivity index (χ0v) is 11.9. The van der Waals surface area contributed by atoms with Crippen LogP contribution in [0, 0.1) is 6.92 Å². The van der Waals surface area contributed by atoms with Crippen LogP contribution in [0.1, 0.15) is 18.7 Å². The van der Waals surface area contributed by atoms with Gasteiger partial charge in [-0.2, -0.15) is 0 Å². The zero-order valence-electron chi connectivity index (χ0n) is 11.1. The first kappa shape index (κ1) is 15.2. The summed E-state index contributed by atoms with van der Waals surface area (Å²) in [5.41, 5.74) is -0.184. The van der Waals surface area contributed by atoms with Crippen molar-refractivity contribution in [2.75, 3.05) is 18.5 Å². The summed E-state index contributed by atoms with van der Waals surface area (Å²) in [7, 11) is 0. The van der Waals surface area contributed by atoms with Crippen molar-refractivity contribution in [3.63, 3.8) is 0 Å². The molecule has 0 saturated heterocycles. The molecule has 0 aliphatic heterocycles. The predicted molar refractivity (Wildman–Crippen MR) is 71.8 cm³/mol. The lowest BCUT2D eigenvalue weighted by Gasteiger charge is -2.06. The number of hydrogen-bond acceptors (Lipinski definition) is 7. The van der Waals surface area contributed by atoms with Gasteiger partial charge in [0, 0.05) is 17.3 Å². The van der Waals surface area contributed by atoms with Gasteiger partial charge in [-0.3, -0.25) is 0 Å². The molecule has 0 saturated carbocycles. The number of rotatable bonds is 6. The molecule has 1 rings (SSSR count). The number of thiazole rings is 1. The van der Waals surface area contributed by atoms with Crippen LogP contribution < -0.4 is 5.32 Å². The minimum absolute atomic E-state index is 0.184. The lowest BCUT2D eigenvalue weighted by atomic mass is 10.3. The van der Waals surface area contributed by atoms with Gasteiger partial charge in [-0.05, 0) is 20.8 Å². The van der Waals surface area contributed by atoms with Gasteiger partial charge in [0.25, 0.3) is 0 Å². The van der Waals surface area contributed by atoms with E-state index in [0.717, 1.165) is 4.88 Å². The molecule has 0 aromatic carbocycles. The Morgan fingerprint density at radius 3 is 2.32 bits per heavy atom. The highest BCUT2D eigenvalue weighted by molar-refractivity contribution is 7.15. The number of esters is 2. The van der Waals surface area contributed by atoms with E-state index in [4.69, 9.17) is 9.47 Å². The van der Waals surface area contributed by atoms with Crippen LogP contribution in [-0.4, -0.2) is 30.1 Å². The van der Waals surface area contributed by atoms with E-state index in [9.17, 15) is 9.59 Å². The standard InChI is InChI=1S/C12H16N2O4S/c1-4-17-10(15)9(11(16)18-5-2)7-14-12-13-6-8(3)19-12/h6-7H,4-5H2,1-3H3,(H,13,14). The lowest BCUT2D eigenvalue weighted by molar-refractivity contribution is -0.146. The molecule has 1 aromatic rings. The Morgan fingerprint density at radius 1 is 1.32 bits per heavy atom. The SMILES string of the molecule is CCOC(=O)C(=CNc1ncc(C)s1)C(=O)OCC. The van der Waals surface area contributed by atoms with Gasteiger partial charge in [0.05, 0.1) is 13.2 Å². The molecule has 1 heterocycles. The summed E-state index contributed by atoms with van der Waals surface area (Å²) < 4.78 is 9.60. The first-order valence-corrected chi connectivity index (χ1v) is 6.63. The molecule has 0 aliphatic carbocycles. The van der Waals surface area contributed by atoms with Crippen LogP contribution in [0.15, 0.2) is 18.0 Å². The first-order chi connectivity index (χ1) is 9.08. The number of carbonyl (C=O) groups excluding carboxylic acids is 2. The molecule has 0 amide bonds. The number of nitrogens with zero attached hydrogens (tertiary/aromatic N) is 1. The molecule has 0 spiro atoms. The van der Waals surface area contributed by atoms with E-state index in [-0.39, 0.29) is 18.8 Å². The second-order valence-electron chi connectivity index (χ2n) is 3.42. The van der Waals surface area contributed by atoms with Crippen LogP contribution in [0.25, 0.3) is 0 Å². The third-order valence-corrected chi connectivity index (χ3v) is 2.80. The van der Waals surface area contributed by atoms with Crippen molar-refractivity contribution in [2.24, 2.45) is 0 Å². The number of aryl methyl sites for hydroxylation is 1. The lowest BCUT2D eigenvalue weighted by Crippen LogP contribution is -2.19.